The maximum Gasteiger partial charge on any atom is 0.233 e. The first-order valence-corrected chi connectivity index (χ1v) is 6.79. The summed E-state index contributed by atoms with van der Waals surface area (Å²) in [6.45, 7) is 6.97. The van der Waals surface area contributed by atoms with Crippen LogP contribution in [-0.4, -0.2) is 41.3 Å². The number of piperidine rings is 1. The van der Waals surface area contributed by atoms with Gasteiger partial charge in [0.2, 0.25) is 5.88 Å². The molecule has 100 valence electrons. The molecule has 1 saturated heterocycles. The van der Waals surface area contributed by atoms with Crippen LogP contribution in [0.25, 0.3) is 0 Å². The number of likely N-dealkylation sites (tertiary alicyclic amines) is 1. The van der Waals surface area contributed by atoms with Crippen molar-refractivity contribution in [3.05, 3.63) is 17.8 Å². The molecule has 0 amide bonds. The van der Waals surface area contributed by atoms with Gasteiger partial charge in [-0.25, -0.2) is 0 Å². The fourth-order valence-electron chi connectivity index (χ4n) is 2.59. The van der Waals surface area contributed by atoms with Crippen LogP contribution in [0.1, 0.15) is 32.4 Å². The molecule has 0 aromatic carbocycles. The van der Waals surface area contributed by atoms with E-state index in [2.05, 4.69) is 28.9 Å². The molecule has 0 N–H and O–H groups in total. The van der Waals surface area contributed by atoms with E-state index >= 15 is 0 Å². The van der Waals surface area contributed by atoms with E-state index in [0.717, 1.165) is 12.1 Å². The molecule has 4 nitrogen and oxygen atoms in total. The molecule has 0 saturated carbocycles. The SMILES string of the molecule is COc1ccc(CC2CCCN(C(C)C)C2)nn1. The standard InChI is InChI=1S/C14H23N3O/c1-11(2)17-8-4-5-12(10-17)9-13-6-7-14(18-3)16-15-13/h6-7,11-12H,4-5,8-10H2,1-3H3. The summed E-state index contributed by atoms with van der Waals surface area (Å²) in [5, 5.41) is 8.25. The van der Waals surface area contributed by atoms with E-state index in [1.54, 1.807) is 7.11 Å². The molecule has 1 aromatic heterocycles. The van der Waals surface area contributed by atoms with Crippen molar-refractivity contribution < 1.29 is 4.74 Å². The molecule has 0 bridgehead atoms. The summed E-state index contributed by atoms with van der Waals surface area (Å²) in [7, 11) is 1.62. The Labute approximate surface area is 109 Å². The van der Waals surface area contributed by atoms with Gasteiger partial charge in [-0.05, 0) is 51.6 Å². The Morgan fingerprint density at radius 2 is 2.22 bits per heavy atom. The fraction of sp³-hybridized carbons (Fsp3) is 0.714. The molecule has 2 rings (SSSR count). The summed E-state index contributed by atoms with van der Waals surface area (Å²) in [5.41, 5.74) is 1.08. The van der Waals surface area contributed by atoms with Crippen LogP contribution in [0.4, 0.5) is 0 Å². The van der Waals surface area contributed by atoms with Crippen molar-refractivity contribution in [1.29, 1.82) is 0 Å². The molecule has 4 heteroatoms. The lowest BCUT2D eigenvalue weighted by Gasteiger charge is -2.35. The Kier molecular flexibility index (Phi) is 4.53. The smallest absolute Gasteiger partial charge is 0.233 e. The Bertz CT molecular complexity index is 364. The summed E-state index contributed by atoms with van der Waals surface area (Å²) >= 11 is 0. The highest BCUT2D eigenvalue weighted by molar-refractivity contribution is 5.11. The van der Waals surface area contributed by atoms with Gasteiger partial charge >= 0.3 is 0 Å². The van der Waals surface area contributed by atoms with Gasteiger partial charge in [-0.3, -0.25) is 0 Å². The second-order valence-electron chi connectivity index (χ2n) is 5.37. The zero-order valence-electron chi connectivity index (χ0n) is 11.6. The van der Waals surface area contributed by atoms with E-state index in [9.17, 15) is 0 Å². The highest BCUT2D eigenvalue weighted by Gasteiger charge is 2.22. The number of rotatable bonds is 4. The molecule has 2 heterocycles. The van der Waals surface area contributed by atoms with E-state index in [1.807, 2.05) is 12.1 Å². The normalized spacial score (nSPS) is 21.2. The molecule has 0 aliphatic carbocycles. The molecule has 1 unspecified atom stereocenters. The number of nitrogens with zero attached hydrogens (tertiary/aromatic N) is 3. The molecule has 1 aromatic rings. The zero-order valence-corrected chi connectivity index (χ0v) is 11.6. The van der Waals surface area contributed by atoms with Gasteiger partial charge in [-0.2, -0.15) is 5.10 Å². The van der Waals surface area contributed by atoms with Crippen LogP contribution in [0.15, 0.2) is 12.1 Å². The zero-order chi connectivity index (χ0) is 13.0. The van der Waals surface area contributed by atoms with Crippen LogP contribution >= 0.6 is 0 Å². The molecule has 1 aliphatic heterocycles. The Hall–Kier alpha value is -1.16. The van der Waals surface area contributed by atoms with Gasteiger partial charge in [0.25, 0.3) is 0 Å². The van der Waals surface area contributed by atoms with Crippen molar-refractivity contribution in [2.75, 3.05) is 20.2 Å². The minimum absolute atomic E-state index is 0.589. The molecule has 1 aliphatic rings. The summed E-state index contributed by atoms with van der Waals surface area (Å²) in [5.74, 6) is 1.30. The lowest BCUT2D eigenvalue weighted by molar-refractivity contribution is 0.139. The largest absolute Gasteiger partial charge is 0.480 e. The third-order valence-electron chi connectivity index (χ3n) is 3.68. The predicted molar refractivity (Wildman–Crippen MR) is 71.7 cm³/mol. The lowest BCUT2D eigenvalue weighted by Crippen LogP contribution is -2.40. The Morgan fingerprint density at radius 1 is 1.39 bits per heavy atom. The van der Waals surface area contributed by atoms with E-state index in [4.69, 9.17) is 4.74 Å². The second-order valence-corrected chi connectivity index (χ2v) is 5.37. The Balaban J connectivity index is 1.91. The van der Waals surface area contributed by atoms with Crippen LogP contribution in [0.3, 0.4) is 0 Å². The van der Waals surface area contributed by atoms with Crippen molar-refractivity contribution in [3.8, 4) is 5.88 Å². The van der Waals surface area contributed by atoms with Crippen LogP contribution < -0.4 is 4.74 Å². The van der Waals surface area contributed by atoms with Gasteiger partial charge in [-0.1, -0.05) is 0 Å². The second kappa shape index (κ2) is 6.14. The molecule has 0 radical (unpaired) electrons. The first-order chi connectivity index (χ1) is 8.69. The predicted octanol–water partition coefficient (Wildman–Crippen LogP) is 2.15. The first kappa shape index (κ1) is 13.3. The van der Waals surface area contributed by atoms with Crippen molar-refractivity contribution >= 4 is 0 Å². The maximum absolute atomic E-state index is 5.03. The van der Waals surface area contributed by atoms with Gasteiger partial charge < -0.3 is 9.64 Å². The average molecular weight is 249 g/mol. The topological polar surface area (TPSA) is 38.2 Å². The van der Waals surface area contributed by atoms with E-state index < -0.39 is 0 Å². The quantitative estimate of drug-likeness (QED) is 0.819. The van der Waals surface area contributed by atoms with E-state index in [0.29, 0.717) is 17.8 Å². The Morgan fingerprint density at radius 3 is 2.83 bits per heavy atom. The van der Waals surface area contributed by atoms with Crippen molar-refractivity contribution in [2.45, 2.75) is 39.2 Å². The van der Waals surface area contributed by atoms with E-state index in [-0.39, 0.29) is 0 Å². The fourth-order valence-corrected chi connectivity index (χ4v) is 2.59. The maximum atomic E-state index is 5.03. The average Bonchev–Trinajstić information content (AvgIpc) is 2.40. The number of ether oxygens (including phenoxy) is 1. The molecule has 18 heavy (non-hydrogen) atoms. The van der Waals surface area contributed by atoms with Crippen molar-refractivity contribution in [1.82, 2.24) is 15.1 Å². The van der Waals surface area contributed by atoms with Gasteiger partial charge in [0, 0.05) is 18.7 Å². The molecular formula is C14H23N3O. The molecule has 1 atom stereocenters. The van der Waals surface area contributed by atoms with Gasteiger partial charge in [0.05, 0.1) is 12.8 Å². The van der Waals surface area contributed by atoms with Crippen LogP contribution in [0.5, 0.6) is 5.88 Å². The monoisotopic (exact) mass is 249 g/mol. The molecular weight excluding hydrogens is 226 g/mol. The first-order valence-electron chi connectivity index (χ1n) is 6.79. The minimum Gasteiger partial charge on any atom is -0.480 e. The summed E-state index contributed by atoms with van der Waals surface area (Å²) in [4.78, 5) is 2.56. The third kappa shape index (κ3) is 3.42. The van der Waals surface area contributed by atoms with Gasteiger partial charge in [0.15, 0.2) is 0 Å². The van der Waals surface area contributed by atoms with Crippen molar-refractivity contribution in [2.24, 2.45) is 5.92 Å². The van der Waals surface area contributed by atoms with Crippen molar-refractivity contribution in [3.63, 3.8) is 0 Å². The highest BCUT2D eigenvalue weighted by atomic mass is 16.5. The molecule has 0 spiro atoms. The number of hydrogen-bond donors (Lipinski definition) is 0. The molecule has 1 fully saturated rings. The van der Waals surface area contributed by atoms with E-state index in [1.165, 1.54) is 25.9 Å². The van der Waals surface area contributed by atoms with Gasteiger partial charge in [0.1, 0.15) is 0 Å². The highest BCUT2D eigenvalue weighted by Crippen LogP contribution is 2.21. The summed E-state index contributed by atoms with van der Waals surface area (Å²) < 4.78 is 5.03. The van der Waals surface area contributed by atoms with Gasteiger partial charge in [-0.15, -0.1) is 5.10 Å². The lowest BCUT2D eigenvalue weighted by atomic mass is 9.92. The van der Waals surface area contributed by atoms with Crippen LogP contribution in [-0.2, 0) is 6.42 Å². The third-order valence-corrected chi connectivity index (χ3v) is 3.68. The summed E-state index contributed by atoms with van der Waals surface area (Å²) in [6.07, 6.45) is 3.63. The van der Waals surface area contributed by atoms with Crippen LogP contribution in [0, 0.1) is 5.92 Å². The number of methoxy groups -OCH3 is 1. The number of aromatic nitrogens is 2. The van der Waals surface area contributed by atoms with Crippen LogP contribution in [0.2, 0.25) is 0 Å². The number of hydrogen-bond acceptors (Lipinski definition) is 4. The summed E-state index contributed by atoms with van der Waals surface area (Å²) in [6, 6.07) is 4.57. The minimum atomic E-state index is 0.589.